The van der Waals surface area contributed by atoms with Crippen LogP contribution >= 0.6 is 0 Å². The molecule has 25 heavy (non-hydrogen) atoms. The minimum absolute atomic E-state index is 0.139. The number of hydrogen-bond acceptors (Lipinski definition) is 6. The summed E-state index contributed by atoms with van der Waals surface area (Å²) in [4.78, 5) is 24.4. The molecule has 1 aliphatic heterocycles. The Labute approximate surface area is 145 Å². The van der Waals surface area contributed by atoms with Crippen LogP contribution in [0, 0.1) is 21.4 Å². The highest BCUT2D eigenvalue weighted by Crippen LogP contribution is 2.48. The van der Waals surface area contributed by atoms with Crippen LogP contribution in [0.1, 0.15) is 19.3 Å². The third-order valence-electron chi connectivity index (χ3n) is 5.40. The number of nitro groups is 1. The maximum atomic E-state index is 11.7. The number of methoxy groups -OCH3 is 1. The molecule has 0 spiro atoms. The van der Waals surface area contributed by atoms with Gasteiger partial charge in [0.2, 0.25) is 0 Å². The van der Waals surface area contributed by atoms with Crippen LogP contribution in [-0.4, -0.2) is 54.3 Å². The molecule has 1 saturated carbocycles. The molecule has 0 aromatic heterocycles. The Morgan fingerprint density at radius 1 is 1.52 bits per heavy atom. The van der Waals surface area contributed by atoms with E-state index in [1.807, 2.05) is 0 Å². The van der Waals surface area contributed by atoms with Crippen LogP contribution in [-0.2, 0) is 4.79 Å². The molecule has 2 aliphatic rings. The summed E-state index contributed by atoms with van der Waals surface area (Å²) in [5.74, 6) is 0.0810. The lowest BCUT2D eigenvalue weighted by atomic mass is 9.81. The molecule has 1 aromatic carbocycles. The molecule has 1 heterocycles. The number of hydrogen-bond donors (Lipinski definition) is 1. The van der Waals surface area contributed by atoms with Gasteiger partial charge in [0.25, 0.3) is 0 Å². The van der Waals surface area contributed by atoms with Crippen molar-refractivity contribution in [3.8, 4) is 11.5 Å². The predicted octanol–water partition coefficient (Wildman–Crippen LogP) is 2.17. The highest BCUT2D eigenvalue weighted by Gasteiger charge is 2.54. The molecule has 136 valence electrons. The second-order valence-electron chi connectivity index (χ2n) is 6.72. The van der Waals surface area contributed by atoms with Gasteiger partial charge in [0, 0.05) is 19.6 Å². The maximum Gasteiger partial charge on any atom is 0.314 e. The zero-order valence-electron chi connectivity index (χ0n) is 14.1. The summed E-state index contributed by atoms with van der Waals surface area (Å²) < 4.78 is 10.6. The average molecular weight is 350 g/mol. The van der Waals surface area contributed by atoms with Crippen molar-refractivity contribution in [2.75, 3.05) is 33.4 Å². The van der Waals surface area contributed by atoms with Gasteiger partial charge in [0.05, 0.1) is 23.5 Å². The van der Waals surface area contributed by atoms with Gasteiger partial charge in [-0.3, -0.25) is 19.8 Å². The summed E-state index contributed by atoms with van der Waals surface area (Å²) in [6.07, 6.45) is 2.65. The van der Waals surface area contributed by atoms with Crippen molar-refractivity contribution >= 4 is 11.7 Å². The first-order valence-electron chi connectivity index (χ1n) is 8.37. The molecule has 0 amide bonds. The third-order valence-corrected chi connectivity index (χ3v) is 5.40. The highest BCUT2D eigenvalue weighted by molar-refractivity contribution is 5.76. The number of likely N-dealkylation sites (tertiary alicyclic amines) is 1. The van der Waals surface area contributed by atoms with Gasteiger partial charge in [-0.2, -0.15) is 0 Å². The summed E-state index contributed by atoms with van der Waals surface area (Å²) >= 11 is 0. The number of nitro benzene ring substituents is 1. The largest absolute Gasteiger partial charge is 0.496 e. The summed E-state index contributed by atoms with van der Waals surface area (Å²) in [5.41, 5.74) is -0.758. The lowest BCUT2D eigenvalue weighted by Crippen LogP contribution is -2.36. The Balaban J connectivity index is 1.59. The van der Waals surface area contributed by atoms with Gasteiger partial charge in [0.1, 0.15) is 12.4 Å². The molecule has 1 N–H and O–H groups in total. The minimum Gasteiger partial charge on any atom is -0.496 e. The molecule has 2 atom stereocenters. The van der Waals surface area contributed by atoms with Crippen LogP contribution in [0.3, 0.4) is 0 Å². The normalized spacial score (nSPS) is 25.6. The number of ether oxygens (including phenoxy) is 2. The molecule has 0 unspecified atom stereocenters. The van der Waals surface area contributed by atoms with E-state index in [4.69, 9.17) is 9.47 Å². The van der Waals surface area contributed by atoms with Crippen molar-refractivity contribution in [2.45, 2.75) is 19.3 Å². The van der Waals surface area contributed by atoms with Crippen LogP contribution in [0.5, 0.6) is 11.5 Å². The fourth-order valence-electron chi connectivity index (χ4n) is 4.09. The zero-order valence-corrected chi connectivity index (χ0v) is 14.1. The molecule has 8 nitrogen and oxygen atoms in total. The van der Waals surface area contributed by atoms with E-state index in [2.05, 4.69) is 4.90 Å². The van der Waals surface area contributed by atoms with Gasteiger partial charge in [-0.05, 0) is 30.9 Å². The van der Waals surface area contributed by atoms with E-state index in [0.717, 1.165) is 25.8 Å². The lowest BCUT2D eigenvalue weighted by molar-refractivity contribution is -0.385. The second-order valence-corrected chi connectivity index (χ2v) is 6.72. The maximum absolute atomic E-state index is 11.7. The first-order valence-corrected chi connectivity index (χ1v) is 8.37. The predicted molar refractivity (Wildman–Crippen MR) is 89.0 cm³/mol. The molecule has 1 saturated heterocycles. The summed E-state index contributed by atoms with van der Waals surface area (Å²) in [5, 5.41) is 20.8. The Morgan fingerprint density at radius 3 is 2.96 bits per heavy atom. The number of fused-ring (bicyclic) bond motifs is 1. The first kappa shape index (κ1) is 17.5. The number of rotatable bonds is 7. The van der Waals surface area contributed by atoms with Crippen LogP contribution in [0.2, 0.25) is 0 Å². The Bertz CT molecular complexity index is 679. The van der Waals surface area contributed by atoms with E-state index in [0.29, 0.717) is 18.8 Å². The van der Waals surface area contributed by atoms with Crippen molar-refractivity contribution in [3.63, 3.8) is 0 Å². The number of aliphatic carboxylic acids is 1. The quantitative estimate of drug-likeness (QED) is 0.594. The van der Waals surface area contributed by atoms with Gasteiger partial charge in [-0.25, -0.2) is 0 Å². The molecule has 1 aromatic rings. The summed E-state index contributed by atoms with van der Waals surface area (Å²) in [6.45, 7) is 2.10. The van der Waals surface area contributed by atoms with E-state index >= 15 is 0 Å². The molecule has 8 heteroatoms. The molecule has 0 radical (unpaired) electrons. The molecule has 3 rings (SSSR count). The molecule has 0 bridgehead atoms. The Kier molecular flexibility index (Phi) is 4.80. The van der Waals surface area contributed by atoms with Crippen LogP contribution in [0.4, 0.5) is 5.69 Å². The van der Waals surface area contributed by atoms with E-state index in [9.17, 15) is 20.0 Å². The average Bonchev–Trinajstić information content (AvgIpc) is 3.13. The number of benzene rings is 1. The van der Waals surface area contributed by atoms with Crippen LogP contribution in [0.25, 0.3) is 0 Å². The van der Waals surface area contributed by atoms with Crippen LogP contribution in [0.15, 0.2) is 18.2 Å². The zero-order chi connectivity index (χ0) is 18.0. The minimum atomic E-state index is -0.704. The van der Waals surface area contributed by atoms with Crippen molar-refractivity contribution in [1.82, 2.24) is 4.90 Å². The van der Waals surface area contributed by atoms with Gasteiger partial charge in [-0.1, -0.05) is 6.42 Å². The molecule has 2 fully saturated rings. The van der Waals surface area contributed by atoms with Gasteiger partial charge >= 0.3 is 11.7 Å². The fraction of sp³-hybridized carbons (Fsp3) is 0.588. The number of nitrogens with zero attached hydrogens (tertiary/aromatic N) is 2. The highest BCUT2D eigenvalue weighted by atomic mass is 16.6. The van der Waals surface area contributed by atoms with Crippen molar-refractivity contribution < 1.29 is 24.3 Å². The molecular weight excluding hydrogens is 328 g/mol. The summed E-state index contributed by atoms with van der Waals surface area (Å²) in [6, 6.07) is 4.46. The van der Waals surface area contributed by atoms with Crippen molar-refractivity contribution in [2.24, 2.45) is 11.3 Å². The van der Waals surface area contributed by atoms with Crippen LogP contribution < -0.4 is 9.47 Å². The van der Waals surface area contributed by atoms with Gasteiger partial charge in [-0.15, -0.1) is 0 Å². The SMILES string of the molecule is COc1ccc(OCCN2C[C@@H]3CCC[C@@]3(C(=O)O)C2)c([N+](=O)[O-])c1. The van der Waals surface area contributed by atoms with Gasteiger partial charge < -0.3 is 14.6 Å². The Morgan fingerprint density at radius 2 is 2.32 bits per heavy atom. The number of carbonyl (C=O) groups is 1. The third kappa shape index (κ3) is 3.26. The van der Waals surface area contributed by atoms with E-state index in [1.165, 1.54) is 19.2 Å². The van der Waals surface area contributed by atoms with E-state index < -0.39 is 16.3 Å². The smallest absolute Gasteiger partial charge is 0.314 e. The van der Waals surface area contributed by atoms with E-state index in [-0.39, 0.29) is 24.0 Å². The van der Waals surface area contributed by atoms with E-state index in [1.54, 1.807) is 6.07 Å². The monoisotopic (exact) mass is 350 g/mol. The Hall–Kier alpha value is -2.35. The fourth-order valence-corrected chi connectivity index (χ4v) is 4.09. The number of carboxylic acids is 1. The van der Waals surface area contributed by atoms with Crippen molar-refractivity contribution in [1.29, 1.82) is 0 Å². The van der Waals surface area contributed by atoms with Gasteiger partial charge in [0.15, 0.2) is 5.75 Å². The first-order chi connectivity index (χ1) is 12.0. The summed E-state index contributed by atoms with van der Waals surface area (Å²) in [7, 11) is 1.45. The molecule has 1 aliphatic carbocycles. The molecular formula is C17H22N2O6. The van der Waals surface area contributed by atoms with Crippen molar-refractivity contribution in [3.05, 3.63) is 28.3 Å². The number of carboxylic acid groups (broad SMARTS) is 1. The second kappa shape index (κ2) is 6.87. The lowest BCUT2D eigenvalue weighted by Gasteiger charge is -2.23. The standard InChI is InChI=1S/C17H22N2O6/c1-24-13-4-5-15(14(9-13)19(22)23)25-8-7-18-10-12-3-2-6-17(12,11-18)16(20)21/h4-5,9,12H,2-3,6-8,10-11H2,1H3,(H,20,21)/t12-,17+/m0/s1. The topological polar surface area (TPSA) is 102 Å².